The van der Waals surface area contributed by atoms with E-state index >= 15 is 0 Å². The summed E-state index contributed by atoms with van der Waals surface area (Å²) in [5, 5.41) is 17.3. The summed E-state index contributed by atoms with van der Waals surface area (Å²) >= 11 is 0. The molecule has 0 aromatic heterocycles. The Bertz CT molecular complexity index is 719. The summed E-state index contributed by atoms with van der Waals surface area (Å²) in [6.07, 6.45) is 11.0. The molecule has 4 heteroatoms. The molecule has 0 spiro atoms. The van der Waals surface area contributed by atoms with Crippen LogP contribution < -0.4 is 10.6 Å². The maximum absolute atomic E-state index is 13.6. The largest absolute Gasteiger partial charge is 0.507 e. The zero-order valence-electron chi connectivity index (χ0n) is 17.4. The van der Waals surface area contributed by atoms with Gasteiger partial charge < -0.3 is 15.7 Å². The normalized spacial score (nSPS) is 14.8. The average Bonchev–Trinajstić information content (AvgIpc) is 2.71. The lowest BCUT2D eigenvalue weighted by Crippen LogP contribution is -2.50. The van der Waals surface area contributed by atoms with Crippen molar-refractivity contribution in [3.05, 3.63) is 79.4 Å². The van der Waals surface area contributed by atoms with Gasteiger partial charge in [-0.25, -0.2) is 0 Å². The smallest absolute Gasteiger partial charge is 0.231 e. The van der Waals surface area contributed by atoms with Crippen LogP contribution in [0, 0.1) is 0 Å². The molecular formula is C25H34N2O2. The van der Waals surface area contributed by atoms with Crippen LogP contribution in [0.5, 0.6) is 5.75 Å². The van der Waals surface area contributed by atoms with E-state index in [1.807, 2.05) is 12.1 Å². The van der Waals surface area contributed by atoms with Gasteiger partial charge in [0.15, 0.2) is 0 Å². The molecule has 29 heavy (non-hydrogen) atoms. The molecule has 0 unspecified atom stereocenters. The molecule has 1 heterocycles. The van der Waals surface area contributed by atoms with Crippen molar-refractivity contribution < 1.29 is 9.90 Å². The van der Waals surface area contributed by atoms with Crippen LogP contribution in [0.15, 0.2) is 62.8 Å². The van der Waals surface area contributed by atoms with Crippen molar-refractivity contribution in [1.82, 2.24) is 10.6 Å². The number of rotatable bonds is 11. The Morgan fingerprint density at radius 2 is 1.55 bits per heavy atom. The Labute approximate surface area is 175 Å². The number of phenols is 1. The Hall–Kier alpha value is -2.59. The highest BCUT2D eigenvalue weighted by Gasteiger charge is 2.39. The first kappa shape index (κ1) is 22.7. The van der Waals surface area contributed by atoms with E-state index in [0.717, 1.165) is 42.6 Å². The van der Waals surface area contributed by atoms with Gasteiger partial charge in [0.2, 0.25) is 5.91 Å². The van der Waals surface area contributed by atoms with Gasteiger partial charge in [0.1, 0.15) is 5.75 Å². The van der Waals surface area contributed by atoms with Crippen LogP contribution in [0.4, 0.5) is 0 Å². The van der Waals surface area contributed by atoms with Crippen molar-refractivity contribution in [2.24, 2.45) is 0 Å². The summed E-state index contributed by atoms with van der Waals surface area (Å²) in [6, 6.07) is 4.02. The Morgan fingerprint density at radius 3 is 2.00 bits per heavy atom. The Balaban J connectivity index is 2.55. The van der Waals surface area contributed by atoms with Gasteiger partial charge in [-0.05, 0) is 68.3 Å². The molecule has 4 nitrogen and oxygen atoms in total. The minimum absolute atomic E-state index is 0.0102. The molecule has 156 valence electrons. The third kappa shape index (κ3) is 5.27. The van der Waals surface area contributed by atoms with Gasteiger partial charge in [-0.15, -0.1) is 26.3 Å². The molecule has 1 fully saturated rings. The van der Waals surface area contributed by atoms with E-state index in [4.69, 9.17) is 0 Å². The van der Waals surface area contributed by atoms with E-state index in [0.29, 0.717) is 25.7 Å². The molecule has 1 aliphatic rings. The van der Waals surface area contributed by atoms with Crippen molar-refractivity contribution >= 4 is 5.91 Å². The van der Waals surface area contributed by atoms with Gasteiger partial charge >= 0.3 is 0 Å². The van der Waals surface area contributed by atoms with E-state index in [9.17, 15) is 9.90 Å². The fourth-order valence-electron chi connectivity index (χ4n) is 4.08. The highest BCUT2D eigenvalue weighted by Crippen LogP contribution is 2.38. The lowest BCUT2D eigenvalue weighted by molar-refractivity contribution is -0.127. The molecule has 0 atom stereocenters. The van der Waals surface area contributed by atoms with Crippen LogP contribution in [0.3, 0.4) is 0 Å². The van der Waals surface area contributed by atoms with Gasteiger partial charge in [-0.1, -0.05) is 36.4 Å². The highest BCUT2D eigenvalue weighted by atomic mass is 16.3. The molecule has 2 rings (SSSR count). The van der Waals surface area contributed by atoms with Gasteiger partial charge in [0.25, 0.3) is 0 Å². The third-order valence-corrected chi connectivity index (χ3v) is 5.64. The zero-order chi connectivity index (χ0) is 21.3. The lowest BCUT2D eigenvalue weighted by atomic mass is 9.72. The maximum atomic E-state index is 13.6. The number of amides is 1. The SMILES string of the molecule is C=CCc1cc(C(CC=C)(CC=C)C(=O)NC2CCNCC2)cc(CC=C)c1O. The molecule has 1 aromatic carbocycles. The summed E-state index contributed by atoms with van der Waals surface area (Å²) < 4.78 is 0. The van der Waals surface area contributed by atoms with Crippen LogP contribution in [0.2, 0.25) is 0 Å². The minimum Gasteiger partial charge on any atom is -0.507 e. The van der Waals surface area contributed by atoms with E-state index < -0.39 is 5.41 Å². The molecule has 0 saturated carbocycles. The average molecular weight is 395 g/mol. The fraction of sp³-hybridized carbons (Fsp3) is 0.400. The standard InChI is InChI=1S/C25H34N2O2/c1-5-9-19-17-21(18-20(10-6-2)23(19)28)25(13-7-3,14-8-4)24(29)27-22-11-15-26-16-12-22/h5-8,17-18,22,26,28H,1-4,9-16H2,(H,27,29). The molecule has 1 amide bonds. The van der Waals surface area contributed by atoms with Crippen LogP contribution >= 0.6 is 0 Å². The van der Waals surface area contributed by atoms with Gasteiger partial charge in [-0.2, -0.15) is 0 Å². The number of piperidine rings is 1. The quantitative estimate of drug-likeness (QED) is 0.495. The number of carbonyl (C=O) groups is 1. The summed E-state index contributed by atoms with van der Waals surface area (Å²) in [4.78, 5) is 13.6. The number of allylic oxidation sites excluding steroid dienone is 4. The van der Waals surface area contributed by atoms with E-state index in [-0.39, 0.29) is 17.7 Å². The highest BCUT2D eigenvalue weighted by molar-refractivity contribution is 5.89. The minimum atomic E-state index is -0.812. The fourth-order valence-corrected chi connectivity index (χ4v) is 4.08. The van der Waals surface area contributed by atoms with E-state index in [1.165, 1.54) is 0 Å². The number of aromatic hydroxyl groups is 1. The lowest BCUT2D eigenvalue weighted by Gasteiger charge is -2.35. The predicted octanol–water partition coefficient (Wildman–Crippen LogP) is 4.11. The molecule has 1 aromatic rings. The number of carbonyl (C=O) groups excluding carboxylic acids is 1. The maximum Gasteiger partial charge on any atom is 0.231 e. The summed E-state index contributed by atoms with van der Waals surface area (Å²) in [5.41, 5.74) is 1.59. The molecule has 3 N–H and O–H groups in total. The second kappa shape index (κ2) is 10.8. The molecule has 1 aliphatic heterocycles. The summed E-state index contributed by atoms with van der Waals surface area (Å²) in [5.74, 6) is 0.238. The first-order valence-corrected chi connectivity index (χ1v) is 10.3. The van der Waals surface area contributed by atoms with Crippen LogP contribution in [0.25, 0.3) is 0 Å². The van der Waals surface area contributed by atoms with Crippen LogP contribution in [0.1, 0.15) is 42.4 Å². The zero-order valence-corrected chi connectivity index (χ0v) is 17.4. The molecule has 0 bridgehead atoms. The first-order chi connectivity index (χ1) is 14.0. The monoisotopic (exact) mass is 394 g/mol. The predicted molar refractivity (Wildman–Crippen MR) is 121 cm³/mol. The van der Waals surface area contributed by atoms with Gasteiger partial charge in [0, 0.05) is 6.04 Å². The van der Waals surface area contributed by atoms with Gasteiger partial charge in [-0.3, -0.25) is 4.79 Å². The molecule has 1 saturated heterocycles. The summed E-state index contributed by atoms with van der Waals surface area (Å²) in [7, 11) is 0. The van der Waals surface area contributed by atoms with E-state index in [2.05, 4.69) is 36.9 Å². The second-order valence-corrected chi connectivity index (χ2v) is 7.69. The van der Waals surface area contributed by atoms with Crippen molar-refractivity contribution in [1.29, 1.82) is 0 Å². The topological polar surface area (TPSA) is 61.4 Å². The third-order valence-electron chi connectivity index (χ3n) is 5.64. The Kier molecular flexibility index (Phi) is 8.47. The molecule has 0 aliphatic carbocycles. The number of benzene rings is 1. The second-order valence-electron chi connectivity index (χ2n) is 7.69. The van der Waals surface area contributed by atoms with Crippen LogP contribution in [-0.4, -0.2) is 30.1 Å². The number of nitrogens with one attached hydrogen (secondary N) is 2. The van der Waals surface area contributed by atoms with Crippen LogP contribution in [-0.2, 0) is 23.1 Å². The van der Waals surface area contributed by atoms with Crippen molar-refractivity contribution in [3.63, 3.8) is 0 Å². The first-order valence-electron chi connectivity index (χ1n) is 10.3. The van der Waals surface area contributed by atoms with E-state index in [1.54, 1.807) is 24.3 Å². The number of hydrogen-bond donors (Lipinski definition) is 3. The molecular weight excluding hydrogens is 360 g/mol. The van der Waals surface area contributed by atoms with Crippen molar-refractivity contribution in [2.75, 3.05) is 13.1 Å². The van der Waals surface area contributed by atoms with Crippen molar-refractivity contribution in [2.45, 2.75) is 50.0 Å². The summed E-state index contributed by atoms with van der Waals surface area (Å²) in [6.45, 7) is 17.2. The van der Waals surface area contributed by atoms with Crippen molar-refractivity contribution in [3.8, 4) is 5.75 Å². The van der Waals surface area contributed by atoms with Gasteiger partial charge in [0.05, 0.1) is 5.41 Å². The number of phenolic OH excluding ortho intramolecular Hbond substituents is 1. The Morgan fingerprint density at radius 1 is 1.03 bits per heavy atom. The number of hydrogen-bond acceptors (Lipinski definition) is 3. The molecule has 0 radical (unpaired) electrons.